The third-order valence-electron chi connectivity index (χ3n) is 5.10. The summed E-state index contributed by atoms with van der Waals surface area (Å²) in [6, 6.07) is 10.8. The van der Waals surface area contributed by atoms with Gasteiger partial charge in [-0.1, -0.05) is 30.3 Å². The zero-order valence-electron chi connectivity index (χ0n) is 15.7. The number of aromatic nitrogens is 2. The number of aryl methyl sites for hydroxylation is 2. The summed E-state index contributed by atoms with van der Waals surface area (Å²) in [5.74, 6) is 1.99. The molecule has 1 aliphatic carbocycles. The van der Waals surface area contributed by atoms with Gasteiger partial charge in [0.15, 0.2) is 5.96 Å². The van der Waals surface area contributed by atoms with Gasteiger partial charge in [0.05, 0.1) is 0 Å². The van der Waals surface area contributed by atoms with Gasteiger partial charge in [-0.05, 0) is 38.2 Å². The molecular formula is C20H30IN5. The molecule has 0 spiro atoms. The lowest BCUT2D eigenvalue weighted by Gasteiger charge is -2.19. The number of aliphatic imine (C=N–C) groups is 1. The summed E-state index contributed by atoms with van der Waals surface area (Å²) < 4.78 is 2.20. The van der Waals surface area contributed by atoms with Crippen LogP contribution in [0.15, 0.2) is 47.7 Å². The lowest BCUT2D eigenvalue weighted by atomic mass is 9.96. The molecule has 0 unspecified atom stereocenters. The molecule has 6 heteroatoms. The topological polar surface area (TPSA) is 54.2 Å². The number of unbranched alkanes of at least 4 members (excludes halogenated alkanes) is 1. The first kappa shape index (κ1) is 20.7. The summed E-state index contributed by atoms with van der Waals surface area (Å²) in [7, 11) is 1.84. The van der Waals surface area contributed by atoms with Crippen molar-refractivity contribution >= 4 is 29.9 Å². The van der Waals surface area contributed by atoms with Crippen molar-refractivity contribution in [3.63, 3.8) is 0 Å². The molecular weight excluding hydrogens is 437 g/mol. The van der Waals surface area contributed by atoms with Crippen molar-refractivity contribution < 1.29 is 0 Å². The first-order valence-electron chi connectivity index (χ1n) is 9.21. The van der Waals surface area contributed by atoms with Gasteiger partial charge in [-0.2, -0.15) is 0 Å². The second-order valence-corrected chi connectivity index (χ2v) is 6.87. The summed E-state index contributed by atoms with van der Waals surface area (Å²) in [4.78, 5) is 8.61. The standard InChI is InChI=1S/C20H29N5.HI/c1-17-22-13-15-25(17)14-7-6-12-23-19(21-2)24-16-20(10-11-20)18-8-4-3-5-9-18;/h3-5,8-9,13,15H,6-7,10-12,14,16H2,1-2H3,(H2,21,23,24);1H. The zero-order chi connectivity index (χ0) is 17.5. The Bertz CT molecular complexity index is 691. The van der Waals surface area contributed by atoms with E-state index in [1.54, 1.807) is 0 Å². The molecule has 1 aromatic carbocycles. The SMILES string of the molecule is CN=C(NCCCCn1ccnc1C)NCC1(c2ccccc2)CC1.I. The second-order valence-electron chi connectivity index (χ2n) is 6.87. The highest BCUT2D eigenvalue weighted by atomic mass is 127. The van der Waals surface area contributed by atoms with E-state index in [4.69, 9.17) is 0 Å². The largest absolute Gasteiger partial charge is 0.356 e. The molecule has 1 saturated carbocycles. The highest BCUT2D eigenvalue weighted by Gasteiger charge is 2.43. The molecule has 0 saturated heterocycles. The number of halogens is 1. The number of hydrogen-bond acceptors (Lipinski definition) is 2. The summed E-state index contributed by atoms with van der Waals surface area (Å²) in [5, 5.41) is 6.94. The van der Waals surface area contributed by atoms with E-state index in [2.05, 4.69) is 55.5 Å². The van der Waals surface area contributed by atoms with Gasteiger partial charge >= 0.3 is 0 Å². The van der Waals surface area contributed by atoms with Crippen molar-refractivity contribution in [1.82, 2.24) is 20.2 Å². The van der Waals surface area contributed by atoms with Crippen LogP contribution in [0.25, 0.3) is 0 Å². The van der Waals surface area contributed by atoms with Crippen molar-refractivity contribution in [3.05, 3.63) is 54.1 Å². The average Bonchev–Trinajstić information content (AvgIpc) is 3.34. The molecule has 0 aliphatic heterocycles. The Morgan fingerprint density at radius 1 is 1.19 bits per heavy atom. The Kier molecular flexibility index (Phi) is 7.93. The number of hydrogen-bond donors (Lipinski definition) is 2. The molecule has 1 heterocycles. The van der Waals surface area contributed by atoms with Crippen LogP contribution in [0, 0.1) is 6.92 Å². The molecule has 0 amide bonds. The van der Waals surface area contributed by atoms with Gasteiger partial charge in [0.1, 0.15) is 5.82 Å². The molecule has 26 heavy (non-hydrogen) atoms. The highest BCUT2D eigenvalue weighted by molar-refractivity contribution is 14.0. The fraction of sp³-hybridized carbons (Fsp3) is 0.500. The van der Waals surface area contributed by atoms with Crippen LogP contribution in [-0.2, 0) is 12.0 Å². The maximum Gasteiger partial charge on any atom is 0.191 e. The minimum Gasteiger partial charge on any atom is -0.356 e. The van der Waals surface area contributed by atoms with Crippen LogP contribution in [0.2, 0.25) is 0 Å². The quantitative estimate of drug-likeness (QED) is 0.271. The molecule has 0 radical (unpaired) electrons. The van der Waals surface area contributed by atoms with Gasteiger partial charge in [0, 0.05) is 44.5 Å². The maximum absolute atomic E-state index is 4.35. The first-order chi connectivity index (χ1) is 12.2. The number of nitrogens with one attached hydrogen (secondary N) is 2. The Labute approximate surface area is 173 Å². The van der Waals surface area contributed by atoms with E-state index in [0.717, 1.165) is 44.3 Å². The molecule has 142 valence electrons. The van der Waals surface area contributed by atoms with Crippen molar-refractivity contribution in [3.8, 4) is 0 Å². The van der Waals surface area contributed by atoms with Gasteiger partial charge in [-0.3, -0.25) is 4.99 Å². The van der Waals surface area contributed by atoms with Crippen molar-refractivity contribution in [2.75, 3.05) is 20.1 Å². The van der Waals surface area contributed by atoms with E-state index in [9.17, 15) is 0 Å². The molecule has 5 nitrogen and oxygen atoms in total. The van der Waals surface area contributed by atoms with Crippen LogP contribution in [0.1, 0.15) is 37.1 Å². The monoisotopic (exact) mass is 467 g/mol. The first-order valence-corrected chi connectivity index (χ1v) is 9.21. The third-order valence-corrected chi connectivity index (χ3v) is 5.10. The molecule has 2 N–H and O–H groups in total. The van der Waals surface area contributed by atoms with Crippen LogP contribution in [-0.4, -0.2) is 35.6 Å². The Morgan fingerprint density at radius 2 is 1.96 bits per heavy atom. The van der Waals surface area contributed by atoms with E-state index in [1.807, 2.05) is 26.4 Å². The maximum atomic E-state index is 4.35. The summed E-state index contributed by atoms with van der Waals surface area (Å²) in [6.45, 7) is 4.96. The molecule has 0 atom stereocenters. The minimum absolute atomic E-state index is 0. The minimum atomic E-state index is 0. The summed E-state index contributed by atoms with van der Waals surface area (Å²) in [5.41, 5.74) is 1.74. The predicted octanol–water partition coefficient (Wildman–Crippen LogP) is 3.49. The van der Waals surface area contributed by atoms with Gasteiger partial charge in [-0.25, -0.2) is 4.98 Å². The number of benzene rings is 1. The van der Waals surface area contributed by atoms with Gasteiger partial charge < -0.3 is 15.2 Å². The van der Waals surface area contributed by atoms with E-state index in [0.29, 0.717) is 5.41 Å². The fourth-order valence-electron chi connectivity index (χ4n) is 3.24. The van der Waals surface area contributed by atoms with Crippen molar-refractivity contribution in [2.24, 2.45) is 4.99 Å². The Balaban J connectivity index is 0.00000243. The number of imidazole rings is 1. The third kappa shape index (κ3) is 5.46. The zero-order valence-corrected chi connectivity index (χ0v) is 18.1. The van der Waals surface area contributed by atoms with Crippen LogP contribution < -0.4 is 10.6 Å². The molecule has 3 rings (SSSR count). The van der Waals surface area contributed by atoms with Crippen LogP contribution in [0.3, 0.4) is 0 Å². The Morgan fingerprint density at radius 3 is 2.58 bits per heavy atom. The highest BCUT2D eigenvalue weighted by Crippen LogP contribution is 2.47. The van der Waals surface area contributed by atoms with Crippen molar-refractivity contribution in [2.45, 2.75) is 44.6 Å². The molecule has 1 aromatic heterocycles. The van der Waals surface area contributed by atoms with E-state index >= 15 is 0 Å². The number of rotatable bonds is 8. The lowest BCUT2D eigenvalue weighted by molar-refractivity contribution is 0.584. The second kappa shape index (κ2) is 9.94. The molecule has 0 bridgehead atoms. The van der Waals surface area contributed by atoms with E-state index < -0.39 is 0 Å². The summed E-state index contributed by atoms with van der Waals surface area (Å²) >= 11 is 0. The van der Waals surface area contributed by atoms with Crippen LogP contribution >= 0.6 is 24.0 Å². The fourth-order valence-corrected chi connectivity index (χ4v) is 3.24. The smallest absolute Gasteiger partial charge is 0.191 e. The van der Waals surface area contributed by atoms with Gasteiger partial charge in [0.25, 0.3) is 0 Å². The normalized spacial score (nSPS) is 15.2. The van der Waals surface area contributed by atoms with Crippen molar-refractivity contribution in [1.29, 1.82) is 0 Å². The molecule has 1 aliphatic rings. The van der Waals surface area contributed by atoms with Gasteiger partial charge in [0.2, 0.25) is 0 Å². The summed E-state index contributed by atoms with van der Waals surface area (Å²) in [6.07, 6.45) is 8.66. The Hall–Kier alpha value is -1.57. The lowest BCUT2D eigenvalue weighted by Crippen LogP contribution is -2.41. The molecule has 1 fully saturated rings. The van der Waals surface area contributed by atoms with E-state index in [-0.39, 0.29) is 24.0 Å². The predicted molar refractivity (Wildman–Crippen MR) is 118 cm³/mol. The number of nitrogens with zero attached hydrogens (tertiary/aromatic N) is 3. The van der Waals surface area contributed by atoms with Crippen LogP contribution in [0.4, 0.5) is 0 Å². The number of guanidine groups is 1. The van der Waals surface area contributed by atoms with Gasteiger partial charge in [-0.15, -0.1) is 24.0 Å². The average molecular weight is 467 g/mol. The van der Waals surface area contributed by atoms with E-state index in [1.165, 1.54) is 18.4 Å². The van der Waals surface area contributed by atoms with Crippen LogP contribution in [0.5, 0.6) is 0 Å². The molecule has 2 aromatic rings.